The van der Waals surface area contributed by atoms with Crippen molar-refractivity contribution in [1.29, 1.82) is 0 Å². The standard InChI is InChI=1S/C16H18F5N3O/c17-15(18)4-8-23(9-5-15)14(25)11-3-7-24(10-11)13-12(16(19,20)21)2-1-6-22-13/h1-2,6,11H,3-5,7-10H2. The molecule has 3 heterocycles. The van der Waals surface area contributed by atoms with Crippen LogP contribution in [0.4, 0.5) is 27.8 Å². The first-order valence-corrected chi connectivity index (χ1v) is 8.11. The molecule has 0 bridgehead atoms. The summed E-state index contributed by atoms with van der Waals surface area (Å²) in [7, 11) is 0. The number of rotatable bonds is 2. The summed E-state index contributed by atoms with van der Waals surface area (Å²) in [6, 6.07) is 2.18. The van der Waals surface area contributed by atoms with Gasteiger partial charge in [-0.05, 0) is 18.6 Å². The van der Waals surface area contributed by atoms with E-state index in [0.29, 0.717) is 6.42 Å². The van der Waals surface area contributed by atoms with E-state index in [4.69, 9.17) is 0 Å². The molecule has 2 fully saturated rings. The van der Waals surface area contributed by atoms with E-state index in [1.807, 2.05) is 0 Å². The van der Waals surface area contributed by atoms with Gasteiger partial charge in [0.2, 0.25) is 5.91 Å². The van der Waals surface area contributed by atoms with Crippen molar-refractivity contribution in [3.05, 3.63) is 23.9 Å². The highest BCUT2D eigenvalue weighted by molar-refractivity contribution is 5.80. The number of anilines is 1. The number of aromatic nitrogens is 1. The largest absolute Gasteiger partial charge is 0.419 e. The molecular weight excluding hydrogens is 345 g/mol. The van der Waals surface area contributed by atoms with E-state index in [1.165, 1.54) is 22.1 Å². The zero-order valence-electron chi connectivity index (χ0n) is 13.4. The third kappa shape index (κ3) is 3.85. The quantitative estimate of drug-likeness (QED) is 0.758. The summed E-state index contributed by atoms with van der Waals surface area (Å²) in [5, 5.41) is 0. The fourth-order valence-electron chi connectivity index (χ4n) is 3.34. The highest BCUT2D eigenvalue weighted by atomic mass is 19.4. The zero-order valence-corrected chi connectivity index (χ0v) is 13.4. The van der Waals surface area contributed by atoms with Gasteiger partial charge in [-0.15, -0.1) is 0 Å². The van der Waals surface area contributed by atoms with Crippen LogP contribution in [0.2, 0.25) is 0 Å². The van der Waals surface area contributed by atoms with E-state index < -0.39 is 23.6 Å². The Balaban J connectivity index is 1.68. The molecule has 1 atom stereocenters. The van der Waals surface area contributed by atoms with Crippen molar-refractivity contribution in [2.75, 3.05) is 31.1 Å². The van der Waals surface area contributed by atoms with Crippen LogP contribution in [-0.2, 0) is 11.0 Å². The number of amides is 1. The lowest BCUT2D eigenvalue weighted by Gasteiger charge is -2.33. The Bertz CT molecular complexity index is 639. The maximum absolute atomic E-state index is 13.2. The molecule has 0 aromatic carbocycles. The Morgan fingerprint density at radius 3 is 2.52 bits per heavy atom. The van der Waals surface area contributed by atoms with Crippen LogP contribution in [-0.4, -0.2) is 47.9 Å². The highest BCUT2D eigenvalue weighted by Crippen LogP contribution is 2.37. The molecule has 138 valence electrons. The fourth-order valence-corrected chi connectivity index (χ4v) is 3.34. The van der Waals surface area contributed by atoms with E-state index >= 15 is 0 Å². The summed E-state index contributed by atoms with van der Waals surface area (Å²) >= 11 is 0. The Morgan fingerprint density at radius 1 is 1.20 bits per heavy atom. The van der Waals surface area contributed by atoms with Crippen LogP contribution in [0.1, 0.15) is 24.8 Å². The Morgan fingerprint density at radius 2 is 1.88 bits per heavy atom. The van der Waals surface area contributed by atoms with Crippen molar-refractivity contribution < 1.29 is 26.7 Å². The number of halogens is 5. The van der Waals surface area contributed by atoms with Crippen LogP contribution in [0.15, 0.2) is 18.3 Å². The number of piperidine rings is 1. The van der Waals surface area contributed by atoms with E-state index in [-0.39, 0.29) is 50.7 Å². The molecule has 0 radical (unpaired) electrons. The lowest BCUT2D eigenvalue weighted by atomic mass is 10.0. The fraction of sp³-hybridized carbons (Fsp3) is 0.625. The van der Waals surface area contributed by atoms with Gasteiger partial charge >= 0.3 is 6.18 Å². The van der Waals surface area contributed by atoms with Gasteiger partial charge in [0.25, 0.3) is 5.92 Å². The summed E-state index contributed by atoms with van der Waals surface area (Å²) in [6.07, 6.45) is -3.59. The molecule has 2 aliphatic rings. The molecular formula is C16H18F5N3O. The van der Waals surface area contributed by atoms with E-state index in [0.717, 1.165) is 6.07 Å². The van der Waals surface area contributed by atoms with Gasteiger partial charge in [-0.25, -0.2) is 13.8 Å². The second kappa shape index (κ2) is 6.42. The Kier molecular flexibility index (Phi) is 4.59. The summed E-state index contributed by atoms with van der Waals surface area (Å²) in [5.41, 5.74) is -0.833. The first-order valence-electron chi connectivity index (χ1n) is 8.11. The van der Waals surface area contributed by atoms with Crippen molar-refractivity contribution in [2.45, 2.75) is 31.4 Å². The average Bonchev–Trinajstić information content (AvgIpc) is 3.03. The van der Waals surface area contributed by atoms with Crippen LogP contribution >= 0.6 is 0 Å². The maximum atomic E-state index is 13.2. The monoisotopic (exact) mass is 363 g/mol. The van der Waals surface area contributed by atoms with Crippen molar-refractivity contribution in [1.82, 2.24) is 9.88 Å². The molecule has 1 amide bonds. The van der Waals surface area contributed by atoms with Crippen molar-refractivity contribution in [2.24, 2.45) is 5.92 Å². The normalized spacial score (nSPS) is 23.8. The van der Waals surface area contributed by atoms with Gasteiger partial charge in [0, 0.05) is 45.2 Å². The van der Waals surface area contributed by atoms with Crippen molar-refractivity contribution in [3.8, 4) is 0 Å². The zero-order chi connectivity index (χ0) is 18.2. The Hall–Kier alpha value is -1.93. The summed E-state index contributed by atoms with van der Waals surface area (Å²) in [5.74, 6) is -3.68. The molecule has 2 aliphatic heterocycles. The second-order valence-electron chi connectivity index (χ2n) is 6.49. The van der Waals surface area contributed by atoms with E-state index in [9.17, 15) is 26.7 Å². The predicted octanol–water partition coefficient (Wildman–Crippen LogP) is 3.18. The SMILES string of the molecule is O=C(C1CCN(c2ncccc2C(F)(F)F)C1)N1CCC(F)(F)CC1. The third-order valence-electron chi connectivity index (χ3n) is 4.74. The molecule has 2 saturated heterocycles. The van der Waals surface area contributed by atoms with Gasteiger partial charge in [-0.3, -0.25) is 4.79 Å². The van der Waals surface area contributed by atoms with Gasteiger partial charge in [0.1, 0.15) is 5.82 Å². The van der Waals surface area contributed by atoms with Crippen LogP contribution in [0.3, 0.4) is 0 Å². The molecule has 4 nitrogen and oxygen atoms in total. The highest BCUT2D eigenvalue weighted by Gasteiger charge is 2.41. The lowest BCUT2D eigenvalue weighted by molar-refractivity contribution is -0.140. The number of carbonyl (C=O) groups is 1. The average molecular weight is 363 g/mol. The van der Waals surface area contributed by atoms with Crippen LogP contribution in [0, 0.1) is 5.92 Å². The summed E-state index contributed by atoms with van der Waals surface area (Å²) < 4.78 is 65.7. The Labute approximate surface area is 141 Å². The molecule has 0 spiro atoms. The number of carbonyl (C=O) groups excluding carboxylic acids is 1. The molecule has 1 aromatic heterocycles. The minimum absolute atomic E-state index is 0.0142. The van der Waals surface area contributed by atoms with Gasteiger partial charge in [0.15, 0.2) is 0 Å². The smallest absolute Gasteiger partial charge is 0.355 e. The lowest BCUT2D eigenvalue weighted by Crippen LogP contribution is -2.45. The number of hydrogen-bond donors (Lipinski definition) is 0. The van der Waals surface area contributed by atoms with Crippen LogP contribution in [0.5, 0.6) is 0 Å². The van der Waals surface area contributed by atoms with Gasteiger partial charge < -0.3 is 9.80 Å². The number of pyridine rings is 1. The van der Waals surface area contributed by atoms with Gasteiger partial charge in [-0.1, -0.05) is 0 Å². The molecule has 1 aromatic rings. The minimum atomic E-state index is -4.52. The molecule has 9 heteroatoms. The number of likely N-dealkylation sites (tertiary alicyclic amines) is 1. The molecule has 0 aliphatic carbocycles. The molecule has 0 N–H and O–H groups in total. The third-order valence-corrected chi connectivity index (χ3v) is 4.74. The summed E-state index contributed by atoms with van der Waals surface area (Å²) in [4.78, 5) is 19.2. The van der Waals surface area contributed by atoms with Gasteiger partial charge in [0.05, 0.1) is 11.5 Å². The van der Waals surface area contributed by atoms with Gasteiger partial charge in [-0.2, -0.15) is 13.2 Å². The first-order chi connectivity index (χ1) is 11.7. The van der Waals surface area contributed by atoms with E-state index in [1.54, 1.807) is 0 Å². The predicted molar refractivity (Wildman–Crippen MR) is 80.3 cm³/mol. The molecule has 0 saturated carbocycles. The molecule has 3 rings (SSSR count). The van der Waals surface area contributed by atoms with Crippen molar-refractivity contribution in [3.63, 3.8) is 0 Å². The topological polar surface area (TPSA) is 36.4 Å². The number of hydrogen-bond acceptors (Lipinski definition) is 3. The van der Waals surface area contributed by atoms with E-state index in [2.05, 4.69) is 4.98 Å². The summed E-state index contributed by atoms with van der Waals surface area (Å²) in [6.45, 7) is 0.367. The second-order valence-corrected chi connectivity index (χ2v) is 6.49. The number of alkyl halides is 5. The van der Waals surface area contributed by atoms with Crippen LogP contribution < -0.4 is 4.90 Å². The minimum Gasteiger partial charge on any atom is -0.355 e. The maximum Gasteiger partial charge on any atom is 0.419 e. The molecule has 1 unspecified atom stereocenters. The number of nitrogens with zero attached hydrogens (tertiary/aromatic N) is 3. The van der Waals surface area contributed by atoms with Crippen molar-refractivity contribution >= 4 is 11.7 Å². The first kappa shape index (κ1) is 17.9. The molecule has 25 heavy (non-hydrogen) atoms. The van der Waals surface area contributed by atoms with Crippen LogP contribution in [0.25, 0.3) is 0 Å².